The fourth-order valence-corrected chi connectivity index (χ4v) is 2.95. The third kappa shape index (κ3) is 3.68. The van der Waals surface area contributed by atoms with E-state index in [1.807, 2.05) is 0 Å². The van der Waals surface area contributed by atoms with E-state index >= 15 is 0 Å². The third-order valence-corrected chi connectivity index (χ3v) is 5.74. The van der Waals surface area contributed by atoms with Gasteiger partial charge in [-0.3, -0.25) is 4.72 Å². The van der Waals surface area contributed by atoms with Crippen LogP contribution in [0, 0.1) is 6.92 Å². The van der Waals surface area contributed by atoms with E-state index in [4.69, 9.17) is 0 Å². The Hall–Kier alpha value is -1.12. The Morgan fingerprint density at radius 2 is 1.74 bits per heavy atom. The average Bonchev–Trinajstić information content (AvgIpc) is 2.31. The van der Waals surface area contributed by atoms with Crippen molar-refractivity contribution in [2.24, 2.45) is 0 Å². The number of aryl methyl sites for hydroxylation is 1. The molecule has 0 aromatic heterocycles. The maximum Gasteiger partial charge on any atom is 0.242 e. The summed E-state index contributed by atoms with van der Waals surface area (Å²) in [7, 11) is -4.17. The molecule has 0 aliphatic carbocycles. The molecule has 1 aromatic rings. The topological polar surface area (TPSA) is 83.5 Å². The van der Waals surface area contributed by atoms with Crippen LogP contribution in [0.2, 0.25) is 0 Å². The SMILES string of the molecule is CCS(=O)(=O)Nc1cc(S(=O)(=O)N(C)C)ccc1C. The highest BCUT2D eigenvalue weighted by Crippen LogP contribution is 2.22. The average molecular weight is 306 g/mol. The number of benzene rings is 1. The molecular weight excluding hydrogens is 288 g/mol. The molecule has 8 heteroatoms. The summed E-state index contributed by atoms with van der Waals surface area (Å²) in [4.78, 5) is 0.0527. The zero-order valence-corrected chi connectivity index (χ0v) is 13.0. The zero-order chi connectivity index (χ0) is 14.8. The molecule has 0 heterocycles. The van der Waals surface area contributed by atoms with Crippen LogP contribution >= 0.6 is 0 Å². The Balaban J connectivity index is 3.30. The van der Waals surface area contributed by atoms with Gasteiger partial charge in [0.2, 0.25) is 20.0 Å². The first-order chi connectivity index (χ1) is 8.60. The molecule has 6 nitrogen and oxygen atoms in total. The smallest absolute Gasteiger partial charge is 0.242 e. The predicted molar refractivity (Wildman–Crippen MR) is 75.1 cm³/mol. The highest BCUT2D eigenvalue weighted by molar-refractivity contribution is 7.92. The van der Waals surface area contributed by atoms with Crippen LogP contribution < -0.4 is 4.72 Å². The molecule has 19 heavy (non-hydrogen) atoms. The lowest BCUT2D eigenvalue weighted by atomic mass is 10.2. The monoisotopic (exact) mass is 306 g/mol. The fourth-order valence-electron chi connectivity index (χ4n) is 1.32. The summed E-state index contributed by atoms with van der Waals surface area (Å²) in [5.74, 6) is -0.0723. The van der Waals surface area contributed by atoms with E-state index < -0.39 is 20.0 Å². The van der Waals surface area contributed by atoms with Gasteiger partial charge in [0.05, 0.1) is 16.3 Å². The molecule has 0 saturated carbocycles. The second-order valence-electron chi connectivity index (χ2n) is 4.27. The molecule has 0 spiro atoms. The maximum absolute atomic E-state index is 12.0. The van der Waals surface area contributed by atoms with Crippen molar-refractivity contribution in [2.45, 2.75) is 18.7 Å². The third-order valence-electron chi connectivity index (χ3n) is 2.63. The fraction of sp³-hybridized carbons (Fsp3) is 0.455. The van der Waals surface area contributed by atoms with Gasteiger partial charge in [-0.15, -0.1) is 0 Å². The summed E-state index contributed by atoms with van der Waals surface area (Å²) in [6, 6.07) is 4.36. The molecule has 0 aliphatic heterocycles. The quantitative estimate of drug-likeness (QED) is 0.880. The molecule has 1 N–H and O–H groups in total. The molecule has 108 valence electrons. The van der Waals surface area contributed by atoms with Crippen LogP contribution in [-0.4, -0.2) is 41.0 Å². The van der Waals surface area contributed by atoms with Crippen LogP contribution in [0.15, 0.2) is 23.1 Å². The minimum absolute atomic E-state index is 0.0527. The number of hydrogen-bond acceptors (Lipinski definition) is 4. The lowest BCUT2D eigenvalue weighted by Gasteiger charge is -2.14. The highest BCUT2D eigenvalue weighted by Gasteiger charge is 2.19. The van der Waals surface area contributed by atoms with E-state index in [2.05, 4.69) is 4.72 Å². The van der Waals surface area contributed by atoms with Crippen LogP contribution in [0.5, 0.6) is 0 Å². The molecule has 0 saturated heterocycles. The van der Waals surface area contributed by atoms with Crippen molar-refractivity contribution in [3.8, 4) is 0 Å². The second kappa shape index (κ2) is 5.48. The van der Waals surface area contributed by atoms with Crippen LogP contribution in [0.3, 0.4) is 0 Å². The highest BCUT2D eigenvalue weighted by atomic mass is 32.2. The van der Waals surface area contributed by atoms with Crippen molar-refractivity contribution in [1.82, 2.24) is 4.31 Å². The molecule has 1 aromatic carbocycles. The van der Waals surface area contributed by atoms with Gasteiger partial charge in [-0.25, -0.2) is 21.1 Å². The van der Waals surface area contributed by atoms with Gasteiger partial charge in [0.25, 0.3) is 0 Å². The summed E-state index contributed by atoms with van der Waals surface area (Å²) >= 11 is 0. The van der Waals surface area contributed by atoms with E-state index in [1.54, 1.807) is 13.0 Å². The lowest BCUT2D eigenvalue weighted by Crippen LogP contribution is -2.22. The van der Waals surface area contributed by atoms with Gasteiger partial charge in [-0.1, -0.05) is 6.07 Å². The molecule has 0 amide bonds. The Labute approximate surface area is 114 Å². The molecule has 0 bridgehead atoms. The van der Waals surface area contributed by atoms with Crippen molar-refractivity contribution < 1.29 is 16.8 Å². The molecular formula is C11H18N2O4S2. The Morgan fingerprint density at radius 3 is 2.21 bits per heavy atom. The molecule has 1 rings (SSSR count). The van der Waals surface area contributed by atoms with Gasteiger partial charge in [0.15, 0.2) is 0 Å². The molecule has 0 aliphatic rings. The van der Waals surface area contributed by atoms with Crippen molar-refractivity contribution in [2.75, 3.05) is 24.6 Å². The van der Waals surface area contributed by atoms with Crippen LogP contribution in [0.4, 0.5) is 5.69 Å². The number of nitrogens with zero attached hydrogens (tertiary/aromatic N) is 1. The minimum atomic E-state index is -3.58. The number of anilines is 1. The molecule has 0 radical (unpaired) electrons. The van der Waals surface area contributed by atoms with Crippen molar-refractivity contribution in [1.29, 1.82) is 0 Å². The van der Waals surface area contributed by atoms with E-state index in [0.29, 0.717) is 5.56 Å². The van der Waals surface area contributed by atoms with Gasteiger partial charge in [0.1, 0.15) is 0 Å². The Morgan fingerprint density at radius 1 is 1.16 bits per heavy atom. The van der Waals surface area contributed by atoms with Crippen molar-refractivity contribution in [3.63, 3.8) is 0 Å². The number of sulfonamides is 2. The zero-order valence-electron chi connectivity index (χ0n) is 11.3. The number of rotatable bonds is 5. The summed E-state index contributed by atoms with van der Waals surface area (Å²) in [5, 5.41) is 0. The van der Waals surface area contributed by atoms with E-state index in [9.17, 15) is 16.8 Å². The first-order valence-corrected chi connectivity index (χ1v) is 8.73. The second-order valence-corrected chi connectivity index (χ2v) is 8.43. The van der Waals surface area contributed by atoms with E-state index in [1.165, 1.54) is 33.2 Å². The largest absolute Gasteiger partial charge is 0.283 e. The summed E-state index contributed by atoms with van der Waals surface area (Å²) < 4.78 is 50.5. The van der Waals surface area contributed by atoms with Gasteiger partial charge < -0.3 is 0 Å². The maximum atomic E-state index is 12.0. The molecule has 0 fully saturated rings. The van der Waals surface area contributed by atoms with Gasteiger partial charge >= 0.3 is 0 Å². The molecule has 0 unspecified atom stereocenters. The summed E-state index contributed by atoms with van der Waals surface area (Å²) in [5.41, 5.74) is 0.944. The Kier molecular flexibility index (Phi) is 4.59. The van der Waals surface area contributed by atoms with Crippen LogP contribution in [-0.2, 0) is 20.0 Å². The summed E-state index contributed by atoms with van der Waals surface area (Å²) in [6.45, 7) is 3.22. The predicted octanol–water partition coefficient (Wildman–Crippen LogP) is 1.01. The summed E-state index contributed by atoms with van der Waals surface area (Å²) in [6.07, 6.45) is 0. The van der Waals surface area contributed by atoms with Crippen molar-refractivity contribution >= 4 is 25.7 Å². The normalized spacial score (nSPS) is 12.7. The first-order valence-electron chi connectivity index (χ1n) is 5.64. The minimum Gasteiger partial charge on any atom is -0.283 e. The standard InChI is InChI=1S/C11H18N2O4S2/c1-5-18(14,15)12-11-8-10(7-6-9(11)2)19(16,17)13(3)4/h6-8,12H,5H2,1-4H3. The van der Waals surface area contributed by atoms with E-state index in [-0.39, 0.29) is 16.3 Å². The van der Waals surface area contributed by atoms with Crippen LogP contribution in [0.25, 0.3) is 0 Å². The number of hydrogen-bond donors (Lipinski definition) is 1. The molecule has 0 atom stereocenters. The number of nitrogens with one attached hydrogen (secondary N) is 1. The lowest BCUT2D eigenvalue weighted by molar-refractivity contribution is 0.520. The van der Waals surface area contributed by atoms with E-state index in [0.717, 1.165) is 4.31 Å². The van der Waals surface area contributed by atoms with Gasteiger partial charge in [0, 0.05) is 14.1 Å². The Bertz CT molecular complexity index is 664. The van der Waals surface area contributed by atoms with Crippen molar-refractivity contribution in [3.05, 3.63) is 23.8 Å². The van der Waals surface area contributed by atoms with Gasteiger partial charge in [-0.05, 0) is 31.5 Å². The van der Waals surface area contributed by atoms with Crippen LogP contribution in [0.1, 0.15) is 12.5 Å². The van der Waals surface area contributed by atoms with Gasteiger partial charge in [-0.2, -0.15) is 0 Å². The first kappa shape index (κ1) is 15.9.